The number of alkyl halides is 3. The second kappa shape index (κ2) is 8.08. The Hall–Kier alpha value is -2.52. The molecule has 0 aliphatic carbocycles. The number of nitrogens with one attached hydrogen (secondary N) is 2. The van der Waals surface area contributed by atoms with Crippen LogP contribution in [0.2, 0.25) is 0 Å². The molecule has 9 heteroatoms. The Morgan fingerprint density at radius 2 is 1.93 bits per heavy atom. The first kappa shape index (κ1) is 19.8. The third-order valence-electron chi connectivity index (χ3n) is 5.50. The number of carbonyl (C=O) groups is 1. The highest BCUT2D eigenvalue weighted by atomic mass is 19.4. The number of piperidine rings is 1. The van der Waals surface area contributed by atoms with Crippen molar-refractivity contribution in [3.05, 3.63) is 47.9 Å². The standard InChI is InChI=1S/C20H22F3N5O/c21-20(22,23)15-3-1-2-14(10-15)18-12-24-11-17(26-18)13-5-8-28(9-6-13)19(29)16-4-7-25-27-16/h1-3,10-13,16,25,27H,4-9H2. The lowest BCUT2D eigenvalue weighted by molar-refractivity contribution is -0.137. The molecule has 1 atom stereocenters. The molecule has 2 aliphatic heterocycles. The molecular weight excluding hydrogens is 383 g/mol. The number of nitrogens with zero attached hydrogens (tertiary/aromatic N) is 3. The molecule has 2 saturated heterocycles. The van der Waals surface area contributed by atoms with Gasteiger partial charge < -0.3 is 4.90 Å². The molecule has 0 bridgehead atoms. The average molecular weight is 405 g/mol. The van der Waals surface area contributed by atoms with Gasteiger partial charge in [0.2, 0.25) is 5.91 Å². The quantitative estimate of drug-likeness (QED) is 0.822. The maximum atomic E-state index is 13.0. The van der Waals surface area contributed by atoms with E-state index in [-0.39, 0.29) is 17.9 Å². The van der Waals surface area contributed by atoms with Crippen LogP contribution in [0.3, 0.4) is 0 Å². The normalized spacial score (nSPS) is 20.8. The fourth-order valence-corrected chi connectivity index (χ4v) is 3.86. The SMILES string of the molecule is O=C(C1CCNN1)N1CCC(c2cncc(-c3cccc(C(F)(F)F)c3)n2)CC1. The number of benzene rings is 1. The van der Waals surface area contributed by atoms with E-state index in [0.29, 0.717) is 24.3 Å². The summed E-state index contributed by atoms with van der Waals surface area (Å²) in [4.78, 5) is 23.1. The van der Waals surface area contributed by atoms with E-state index in [0.717, 1.165) is 43.6 Å². The summed E-state index contributed by atoms with van der Waals surface area (Å²) in [7, 11) is 0. The van der Waals surface area contributed by atoms with Gasteiger partial charge in [-0.1, -0.05) is 12.1 Å². The van der Waals surface area contributed by atoms with E-state index < -0.39 is 11.7 Å². The van der Waals surface area contributed by atoms with E-state index in [9.17, 15) is 18.0 Å². The highest BCUT2D eigenvalue weighted by molar-refractivity contribution is 5.82. The van der Waals surface area contributed by atoms with Gasteiger partial charge in [-0.3, -0.25) is 15.2 Å². The number of halogens is 3. The van der Waals surface area contributed by atoms with Crippen LogP contribution in [-0.2, 0) is 11.0 Å². The summed E-state index contributed by atoms with van der Waals surface area (Å²) in [5.74, 6) is 0.240. The van der Waals surface area contributed by atoms with Crippen molar-refractivity contribution in [3.8, 4) is 11.3 Å². The minimum absolute atomic E-state index is 0.109. The number of carbonyl (C=O) groups excluding carboxylic acids is 1. The predicted octanol–water partition coefficient (Wildman–Crippen LogP) is 2.73. The van der Waals surface area contributed by atoms with Gasteiger partial charge in [0.05, 0.1) is 23.1 Å². The van der Waals surface area contributed by atoms with Crippen LogP contribution in [0.15, 0.2) is 36.7 Å². The number of rotatable bonds is 3. The number of hydrazine groups is 1. The Morgan fingerprint density at radius 1 is 1.14 bits per heavy atom. The zero-order chi connectivity index (χ0) is 20.4. The van der Waals surface area contributed by atoms with Crippen molar-refractivity contribution in [2.75, 3.05) is 19.6 Å². The first-order chi connectivity index (χ1) is 13.9. The van der Waals surface area contributed by atoms with Crippen LogP contribution < -0.4 is 10.9 Å². The summed E-state index contributed by atoms with van der Waals surface area (Å²) in [6.45, 7) is 2.05. The molecular formula is C20H22F3N5O. The van der Waals surface area contributed by atoms with Crippen molar-refractivity contribution in [3.63, 3.8) is 0 Å². The van der Waals surface area contributed by atoms with E-state index in [4.69, 9.17) is 0 Å². The molecule has 2 aromatic rings. The Morgan fingerprint density at radius 3 is 2.62 bits per heavy atom. The lowest BCUT2D eigenvalue weighted by atomic mass is 9.93. The van der Waals surface area contributed by atoms with Crippen molar-refractivity contribution >= 4 is 5.91 Å². The Bertz CT molecular complexity index is 874. The Balaban J connectivity index is 1.45. The summed E-state index contributed by atoms with van der Waals surface area (Å²) in [5, 5.41) is 0. The van der Waals surface area contributed by atoms with Gasteiger partial charge in [0, 0.05) is 37.3 Å². The predicted molar refractivity (Wildman–Crippen MR) is 101 cm³/mol. The van der Waals surface area contributed by atoms with Crippen molar-refractivity contribution in [2.24, 2.45) is 0 Å². The highest BCUT2D eigenvalue weighted by Crippen LogP contribution is 2.32. The molecule has 154 valence electrons. The van der Waals surface area contributed by atoms with Gasteiger partial charge in [-0.2, -0.15) is 13.2 Å². The largest absolute Gasteiger partial charge is 0.416 e. The summed E-state index contributed by atoms with van der Waals surface area (Å²) < 4.78 is 39.0. The smallest absolute Gasteiger partial charge is 0.341 e. The van der Waals surface area contributed by atoms with Gasteiger partial charge in [0.15, 0.2) is 0 Å². The topological polar surface area (TPSA) is 70.2 Å². The monoisotopic (exact) mass is 405 g/mol. The average Bonchev–Trinajstić information content (AvgIpc) is 3.28. The van der Waals surface area contributed by atoms with Crippen molar-refractivity contribution in [1.82, 2.24) is 25.7 Å². The van der Waals surface area contributed by atoms with Gasteiger partial charge in [-0.15, -0.1) is 0 Å². The Labute approximate surface area is 166 Å². The first-order valence-corrected chi connectivity index (χ1v) is 9.68. The molecule has 2 aliphatic rings. The molecule has 1 aromatic carbocycles. The van der Waals surface area contributed by atoms with E-state index in [2.05, 4.69) is 20.8 Å². The second-order valence-electron chi connectivity index (χ2n) is 7.42. The van der Waals surface area contributed by atoms with E-state index in [1.54, 1.807) is 12.3 Å². The van der Waals surface area contributed by atoms with E-state index in [1.165, 1.54) is 12.3 Å². The first-order valence-electron chi connectivity index (χ1n) is 9.68. The van der Waals surface area contributed by atoms with Crippen LogP contribution in [0.4, 0.5) is 13.2 Å². The molecule has 6 nitrogen and oxygen atoms in total. The van der Waals surface area contributed by atoms with Gasteiger partial charge in [-0.05, 0) is 31.4 Å². The summed E-state index contributed by atoms with van der Waals surface area (Å²) in [5.41, 5.74) is 6.84. The molecule has 1 unspecified atom stereocenters. The second-order valence-corrected chi connectivity index (χ2v) is 7.42. The molecule has 2 fully saturated rings. The zero-order valence-corrected chi connectivity index (χ0v) is 15.7. The number of amides is 1. The minimum Gasteiger partial charge on any atom is -0.341 e. The highest BCUT2D eigenvalue weighted by Gasteiger charge is 2.32. The molecule has 0 radical (unpaired) electrons. The Kier molecular flexibility index (Phi) is 5.51. The molecule has 2 N–H and O–H groups in total. The van der Waals surface area contributed by atoms with Crippen LogP contribution in [0, 0.1) is 0 Å². The van der Waals surface area contributed by atoms with Crippen molar-refractivity contribution < 1.29 is 18.0 Å². The third-order valence-corrected chi connectivity index (χ3v) is 5.50. The zero-order valence-electron chi connectivity index (χ0n) is 15.7. The maximum absolute atomic E-state index is 13.0. The van der Waals surface area contributed by atoms with Crippen LogP contribution in [-0.4, -0.2) is 46.5 Å². The lowest BCUT2D eigenvalue weighted by Crippen LogP contribution is -2.48. The van der Waals surface area contributed by atoms with E-state index >= 15 is 0 Å². The minimum atomic E-state index is -4.40. The van der Waals surface area contributed by atoms with E-state index in [1.807, 2.05) is 4.90 Å². The molecule has 1 aromatic heterocycles. The fraction of sp³-hybridized carbons (Fsp3) is 0.450. The molecule has 0 saturated carbocycles. The summed E-state index contributed by atoms with van der Waals surface area (Å²) in [6, 6.07) is 4.95. The van der Waals surface area contributed by atoms with Crippen LogP contribution in [0.1, 0.15) is 36.4 Å². The number of aromatic nitrogens is 2. The number of hydrogen-bond donors (Lipinski definition) is 2. The molecule has 0 spiro atoms. The lowest BCUT2D eigenvalue weighted by Gasteiger charge is -2.33. The van der Waals surface area contributed by atoms with Crippen LogP contribution in [0.5, 0.6) is 0 Å². The number of likely N-dealkylation sites (tertiary alicyclic amines) is 1. The van der Waals surface area contributed by atoms with Crippen molar-refractivity contribution in [1.29, 1.82) is 0 Å². The maximum Gasteiger partial charge on any atom is 0.416 e. The van der Waals surface area contributed by atoms with Crippen LogP contribution in [0.25, 0.3) is 11.3 Å². The molecule has 4 rings (SSSR count). The van der Waals surface area contributed by atoms with Gasteiger partial charge in [0.1, 0.15) is 6.04 Å². The third kappa shape index (κ3) is 4.40. The number of hydrogen-bond acceptors (Lipinski definition) is 5. The summed E-state index contributed by atoms with van der Waals surface area (Å²) >= 11 is 0. The van der Waals surface area contributed by atoms with Crippen molar-refractivity contribution in [2.45, 2.75) is 37.4 Å². The molecule has 3 heterocycles. The summed E-state index contributed by atoms with van der Waals surface area (Å²) in [6.07, 6.45) is 1.05. The molecule has 1 amide bonds. The van der Waals surface area contributed by atoms with Gasteiger partial charge in [0.25, 0.3) is 0 Å². The molecule has 29 heavy (non-hydrogen) atoms. The van der Waals surface area contributed by atoms with Gasteiger partial charge in [-0.25, -0.2) is 10.4 Å². The van der Waals surface area contributed by atoms with Crippen LogP contribution >= 0.6 is 0 Å². The van der Waals surface area contributed by atoms with Gasteiger partial charge >= 0.3 is 6.18 Å². The fourth-order valence-electron chi connectivity index (χ4n) is 3.86.